The van der Waals surface area contributed by atoms with E-state index < -0.39 is 86.9 Å². The zero-order valence-electron chi connectivity index (χ0n) is 29.5. The Morgan fingerprint density at radius 2 is 1.79 bits per heavy atom. The van der Waals surface area contributed by atoms with E-state index in [-0.39, 0.29) is 25.8 Å². The van der Waals surface area contributed by atoms with Crippen molar-refractivity contribution in [3.05, 3.63) is 47.5 Å². The molecule has 2 aliphatic carbocycles. The van der Waals surface area contributed by atoms with Gasteiger partial charge in [0.05, 0.1) is 17.8 Å². The average molecular weight is 752 g/mol. The van der Waals surface area contributed by atoms with Gasteiger partial charge in [-0.3, -0.25) is 29.3 Å². The Kier molecular flexibility index (Phi) is 10.7. The highest BCUT2D eigenvalue weighted by Gasteiger charge is 2.62. The quantitative estimate of drug-likeness (QED) is 0.356. The summed E-state index contributed by atoms with van der Waals surface area (Å²) in [6.45, 7) is 7.30. The fraction of sp³-hybridized carbons (Fsp3) is 0.667. The summed E-state index contributed by atoms with van der Waals surface area (Å²) in [7, 11) is -3.95. The van der Waals surface area contributed by atoms with Crippen LogP contribution in [0.5, 0.6) is 0 Å². The molecular formula is C36H48F3N5O7S. The van der Waals surface area contributed by atoms with E-state index >= 15 is 0 Å². The van der Waals surface area contributed by atoms with Crippen LogP contribution in [0.1, 0.15) is 88.3 Å². The summed E-state index contributed by atoms with van der Waals surface area (Å²) >= 11 is 0. The van der Waals surface area contributed by atoms with Crippen molar-refractivity contribution in [3.8, 4) is 0 Å². The second-order valence-electron chi connectivity index (χ2n) is 15.3. The van der Waals surface area contributed by atoms with E-state index in [1.54, 1.807) is 18.7 Å². The first-order chi connectivity index (χ1) is 24.5. The SMILES string of the molecule is C=C[C@@H]1C[C@]1(NC(=O)[C@@H]1C[C@@H]2CN1C(=O)[C@H](C(C)C)NC(C(F)(F)F)CCCCCCc1cccc3c1CN(C3)C(=O)O2)C(=O)NS(=O)(=O)C1CC1. The molecule has 6 atom stereocenters. The van der Waals surface area contributed by atoms with Crippen LogP contribution in [0.15, 0.2) is 30.9 Å². The van der Waals surface area contributed by atoms with Gasteiger partial charge in [0.2, 0.25) is 21.8 Å². The number of benzene rings is 1. The minimum Gasteiger partial charge on any atom is -0.444 e. The summed E-state index contributed by atoms with van der Waals surface area (Å²) in [4.78, 5) is 58.0. The topological polar surface area (TPSA) is 154 Å². The molecule has 0 spiro atoms. The molecule has 4 bridgehead atoms. The van der Waals surface area contributed by atoms with Crippen LogP contribution in [-0.4, -0.2) is 89.8 Å². The van der Waals surface area contributed by atoms with Crippen molar-refractivity contribution in [1.82, 2.24) is 25.2 Å². The molecule has 286 valence electrons. The van der Waals surface area contributed by atoms with Crippen LogP contribution >= 0.6 is 0 Å². The molecule has 6 rings (SSSR count). The van der Waals surface area contributed by atoms with Gasteiger partial charge in [-0.15, -0.1) is 6.58 Å². The Bertz CT molecular complexity index is 1700. The third-order valence-electron chi connectivity index (χ3n) is 11.1. The predicted octanol–water partition coefficient (Wildman–Crippen LogP) is 3.83. The van der Waals surface area contributed by atoms with Crippen molar-refractivity contribution in [2.24, 2.45) is 11.8 Å². The third kappa shape index (κ3) is 7.97. The Morgan fingerprint density at radius 1 is 1.08 bits per heavy atom. The van der Waals surface area contributed by atoms with Gasteiger partial charge in [0.25, 0.3) is 5.91 Å². The second kappa shape index (κ2) is 14.6. The highest BCUT2D eigenvalue weighted by Crippen LogP contribution is 2.45. The largest absolute Gasteiger partial charge is 0.444 e. The van der Waals surface area contributed by atoms with Crippen molar-refractivity contribution in [3.63, 3.8) is 0 Å². The zero-order valence-corrected chi connectivity index (χ0v) is 30.4. The smallest absolute Gasteiger partial charge is 0.410 e. The number of sulfonamides is 1. The predicted molar refractivity (Wildman–Crippen MR) is 184 cm³/mol. The molecule has 12 nitrogen and oxygen atoms in total. The minimum absolute atomic E-state index is 0.0638. The van der Waals surface area contributed by atoms with Gasteiger partial charge in [-0.25, -0.2) is 13.2 Å². The third-order valence-corrected chi connectivity index (χ3v) is 12.9. The van der Waals surface area contributed by atoms with Gasteiger partial charge >= 0.3 is 12.3 Å². The number of nitrogens with zero attached hydrogens (tertiary/aromatic N) is 2. The van der Waals surface area contributed by atoms with Crippen LogP contribution in [0.3, 0.4) is 0 Å². The first kappa shape index (κ1) is 38.1. The summed E-state index contributed by atoms with van der Waals surface area (Å²) in [6, 6.07) is 1.22. The Balaban J connectivity index is 1.28. The van der Waals surface area contributed by atoms with Crippen LogP contribution in [-0.2, 0) is 48.7 Å². The molecule has 1 aromatic carbocycles. The number of rotatable bonds is 7. The number of carbonyl (C=O) groups excluding carboxylic acids is 4. The van der Waals surface area contributed by atoms with Crippen LogP contribution in [0.4, 0.5) is 18.0 Å². The van der Waals surface area contributed by atoms with E-state index in [9.17, 15) is 40.8 Å². The van der Waals surface area contributed by atoms with E-state index in [4.69, 9.17) is 4.74 Å². The number of nitrogens with one attached hydrogen (secondary N) is 3. The standard InChI is InChI=1S/C36H48F3N5O7S/c1-4-24-17-35(24,33(47)42-52(49,50)26-14-15-26)41-31(45)28-16-25-19-44(28)32(46)30(21(2)3)40-29(36(37,38)39)13-8-6-5-7-10-22-11-9-12-23-18-43(20-27(22)23)34(48)51-25/h4,9,11-12,21,24-26,28-30,40H,1,5-8,10,13-20H2,2-3H3,(H,41,45)(H,42,47)/t24-,25-,28+,29?,30+,35-/m1/s1. The normalized spacial score (nSPS) is 30.2. The number of hydrogen-bond acceptors (Lipinski definition) is 8. The molecular weight excluding hydrogens is 703 g/mol. The van der Waals surface area contributed by atoms with E-state index in [0.29, 0.717) is 38.8 Å². The summed E-state index contributed by atoms with van der Waals surface area (Å²) in [5.41, 5.74) is 1.44. The molecule has 5 aliphatic rings. The molecule has 0 radical (unpaired) electrons. The van der Waals surface area contributed by atoms with Crippen LogP contribution in [0.2, 0.25) is 0 Å². The Morgan fingerprint density at radius 3 is 2.44 bits per heavy atom. The molecule has 1 unspecified atom stereocenters. The fourth-order valence-corrected chi connectivity index (χ4v) is 9.13. The number of hydrogen-bond donors (Lipinski definition) is 3. The van der Waals surface area contributed by atoms with Gasteiger partial charge < -0.3 is 15.0 Å². The first-order valence-corrected chi connectivity index (χ1v) is 19.8. The number of ether oxygens (including phenoxy) is 1. The number of fused-ring (bicyclic) bond motifs is 3. The highest BCUT2D eigenvalue weighted by atomic mass is 32.2. The van der Waals surface area contributed by atoms with Crippen molar-refractivity contribution in [1.29, 1.82) is 0 Å². The van der Waals surface area contributed by atoms with Gasteiger partial charge in [-0.05, 0) is 61.1 Å². The van der Waals surface area contributed by atoms with E-state index in [1.807, 2.05) is 18.2 Å². The van der Waals surface area contributed by atoms with Crippen LogP contribution in [0.25, 0.3) is 0 Å². The van der Waals surface area contributed by atoms with Crippen molar-refractivity contribution >= 4 is 33.8 Å². The number of aryl methyl sites for hydroxylation is 1. The molecule has 3 heterocycles. The molecule has 3 fully saturated rings. The van der Waals surface area contributed by atoms with Gasteiger partial charge in [-0.1, -0.05) is 57.4 Å². The second-order valence-corrected chi connectivity index (χ2v) is 17.2. The molecule has 1 saturated heterocycles. The summed E-state index contributed by atoms with van der Waals surface area (Å²) in [5.74, 6) is -3.73. The lowest BCUT2D eigenvalue weighted by atomic mass is 9.97. The maximum absolute atomic E-state index is 14.4. The Labute approximate surface area is 302 Å². The molecule has 52 heavy (non-hydrogen) atoms. The van der Waals surface area contributed by atoms with E-state index in [1.165, 1.54) is 6.08 Å². The van der Waals surface area contributed by atoms with Crippen molar-refractivity contribution < 1.29 is 45.5 Å². The first-order valence-electron chi connectivity index (χ1n) is 18.2. The van der Waals surface area contributed by atoms with Crippen molar-refractivity contribution in [2.45, 2.75) is 132 Å². The molecule has 16 heteroatoms. The van der Waals surface area contributed by atoms with Crippen LogP contribution < -0.4 is 15.4 Å². The van der Waals surface area contributed by atoms with E-state index in [2.05, 4.69) is 21.9 Å². The average Bonchev–Trinajstić information content (AvgIpc) is 3.96. The minimum atomic E-state index is -4.64. The van der Waals surface area contributed by atoms with Gasteiger partial charge in [0.1, 0.15) is 23.7 Å². The fourth-order valence-electron chi connectivity index (χ4n) is 7.77. The van der Waals surface area contributed by atoms with Gasteiger partial charge in [-0.2, -0.15) is 13.2 Å². The highest BCUT2D eigenvalue weighted by molar-refractivity contribution is 7.91. The summed E-state index contributed by atoms with van der Waals surface area (Å²) in [6.07, 6.45) is -1.28. The van der Waals surface area contributed by atoms with E-state index in [0.717, 1.165) is 40.9 Å². The van der Waals surface area contributed by atoms with Gasteiger partial charge in [0, 0.05) is 25.4 Å². The number of halogens is 3. The Hall–Kier alpha value is -3.66. The molecule has 2 saturated carbocycles. The summed E-state index contributed by atoms with van der Waals surface area (Å²) in [5, 5.41) is 4.54. The zero-order chi connectivity index (χ0) is 37.6. The maximum atomic E-state index is 14.4. The number of alkyl halides is 3. The monoisotopic (exact) mass is 751 g/mol. The molecule has 3 aliphatic heterocycles. The number of amides is 4. The lowest BCUT2D eigenvalue weighted by Crippen LogP contribution is -2.60. The molecule has 3 N–H and O–H groups in total. The lowest BCUT2D eigenvalue weighted by molar-refractivity contribution is -0.163. The van der Waals surface area contributed by atoms with Crippen molar-refractivity contribution in [2.75, 3.05) is 6.54 Å². The molecule has 1 aromatic rings. The van der Waals surface area contributed by atoms with Crippen LogP contribution in [0, 0.1) is 11.8 Å². The summed E-state index contributed by atoms with van der Waals surface area (Å²) < 4.78 is 76.4. The molecule has 4 amide bonds. The maximum Gasteiger partial charge on any atom is 0.410 e. The molecule has 0 aromatic heterocycles. The van der Waals surface area contributed by atoms with Gasteiger partial charge in [0.15, 0.2) is 0 Å². The lowest BCUT2D eigenvalue weighted by Gasteiger charge is -2.34. The number of carbonyl (C=O) groups is 4.